The summed E-state index contributed by atoms with van der Waals surface area (Å²) in [5.74, 6) is 1.000. The van der Waals surface area contributed by atoms with Gasteiger partial charge < -0.3 is 14.8 Å². The summed E-state index contributed by atoms with van der Waals surface area (Å²) in [4.78, 5) is 12.9. The first-order valence-corrected chi connectivity index (χ1v) is 10.1. The third-order valence-electron chi connectivity index (χ3n) is 4.71. The van der Waals surface area contributed by atoms with Gasteiger partial charge in [0.25, 0.3) is 5.91 Å². The van der Waals surface area contributed by atoms with Gasteiger partial charge in [0.1, 0.15) is 24.7 Å². The Morgan fingerprint density at radius 3 is 1.97 bits per heavy atom. The van der Waals surface area contributed by atoms with Crippen molar-refractivity contribution in [3.8, 4) is 11.5 Å². The molecule has 0 atom stereocenters. The van der Waals surface area contributed by atoms with Crippen molar-refractivity contribution in [3.63, 3.8) is 0 Å². The van der Waals surface area contributed by atoms with Crippen LogP contribution in [0.2, 0.25) is 0 Å². The van der Waals surface area contributed by atoms with Gasteiger partial charge in [-0.05, 0) is 35.4 Å². The van der Waals surface area contributed by atoms with Crippen LogP contribution in [0.4, 0.5) is 5.69 Å². The van der Waals surface area contributed by atoms with Gasteiger partial charge >= 0.3 is 0 Å². The molecule has 1 amide bonds. The van der Waals surface area contributed by atoms with Gasteiger partial charge in [-0.3, -0.25) is 4.79 Å². The minimum Gasteiger partial charge on any atom is -0.489 e. The van der Waals surface area contributed by atoms with Crippen LogP contribution in [-0.2, 0) is 13.2 Å². The van der Waals surface area contributed by atoms with Crippen LogP contribution in [0, 0.1) is 0 Å². The van der Waals surface area contributed by atoms with E-state index in [9.17, 15) is 4.79 Å². The Bertz CT molecular complexity index is 1130. The zero-order valence-corrected chi connectivity index (χ0v) is 17.0. The van der Waals surface area contributed by atoms with E-state index in [-0.39, 0.29) is 5.91 Å². The maximum atomic E-state index is 12.9. The summed E-state index contributed by atoms with van der Waals surface area (Å²) < 4.78 is 11.8. The number of carbonyl (C=O) groups is 1. The van der Waals surface area contributed by atoms with E-state index in [1.165, 1.54) is 0 Å². The smallest absolute Gasteiger partial charge is 0.259 e. The molecule has 0 aliphatic rings. The van der Waals surface area contributed by atoms with Gasteiger partial charge in [0, 0.05) is 11.8 Å². The molecule has 4 aromatic rings. The van der Waals surface area contributed by atoms with Gasteiger partial charge in [0.15, 0.2) is 0 Å². The predicted octanol–water partition coefficient (Wildman–Crippen LogP) is 6.10. The van der Waals surface area contributed by atoms with E-state index < -0.39 is 0 Å². The van der Waals surface area contributed by atoms with Crippen LogP contribution in [0.3, 0.4) is 0 Å². The molecule has 0 saturated carbocycles. The Balaban J connectivity index is 1.41. The van der Waals surface area contributed by atoms with Crippen LogP contribution < -0.4 is 14.8 Å². The third kappa shape index (κ3) is 5.73. The topological polar surface area (TPSA) is 47.6 Å². The van der Waals surface area contributed by atoms with Crippen LogP contribution in [0.15, 0.2) is 109 Å². The first-order valence-electron chi connectivity index (χ1n) is 10.1. The normalized spacial score (nSPS) is 10.3. The molecular weight excluding hydrogens is 386 g/mol. The van der Waals surface area contributed by atoms with Gasteiger partial charge in [0.05, 0.1) is 5.56 Å². The minimum absolute atomic E-state index is 0.233. The zero-order valence-electron chi connectivity index (χ0n) is 17.0. The summed E-state index contributed by atoms with van der Waals surface area (Å²) in [7, 11) is 0. The Kier molecular flexibility index (Phi) is 6.61. The Labute approximate surface area is 182 Å². The van der Waals surface area contributed by atoms with E-state index >= 15 is 0 Å². The number of amides is 1. The van der Waals surface area contributed by atoms with Crippen LogP contribution in [0.25, 0.3) is 0 Å². The predicted molar refractivity (Wildman–Crippen MR) is 122 cm³/mol. The average Bonchev–Trinajstić information content (AvgIpc) is 2.83. The molecule has 4 heteroatoms. The number of benzene rings is 4. The monoisotopic (exact) mass is 409 g/mol. The van der Waals surface area contributed by atoms with E-state index in [2.05, 4.69) is 5.32 Å². The fourth-order valence-corrected chi connectivity index (χ4v) is 3.12. The first kappa shape index (κ1) is 20.2. The van der Waals surface area contributed by atoms with Crippen molar-refractivity contribution >= 4 is 11.6 Å². The summed E-state index contributed by atoms with van der Waals surface area (Å²) in [6.07, 6.45) is 0. The van der Waals surface area contributed by atoms with Crippen molar-refractivity contribution in [1.82, 2.24) is 0 Å². The van der Waals surface area contributed by atoms with Gasteiger partial charge in [-0.2, -0.15) is 0 Å². The highest BCUT2D eigenvalue weighted by molar-refractivity contribution is 6.06. The lowest BCUT2D eigenvalue weighted by atomic mass is 10.1. The molecule has 4 nitrogen and oxygen atoms in total. The van der Waals surface area contributed by atoms with Crippen molar-refractivity contribution in [3.05, 3.63) is 126 Å². The number of carbonyl (C=O) groups excluding carboxylic acids is 1. The second kappa shape index (κ2) is 10.1. The highest BCUT2D eigenvalue weighted by Gasteiger charge is 2.13. The molecule has 4 aromatic carbocycles. The highest BCUT2D eigenvalue weighted by Crippen LogP contribution is 2.23. The number of para-hydroxylation sites is 1. The van der Waals surface area contributed by atoms with Gasteiger partial charge in [-0.15, -0.1) is 0 Å². The molecule has 0 fully saturated rings. The van der Waals surface area contributed by atoms with Crippen molar-refractivity contribution in [2.45, 2.75) is 13.2 Å². The highest BCUT2D eigenvalue weighted by atomic mass is 16.5. The summed E-state index contributed by atoms with van der Waals surface area (Å²) in [5.41, 5.74) is 3.27. The second-order valence-electron chi connectivity index (χ2n) is 7.03. The summed E-state index contributed by atoms with van der Waals surface area (Å²) >= 11 is 0. The molecule has 0 unspecified atom stereocenters. The third-order valence-corrected chi connectivity index (χ3v) is 4.71. The maximum absolute atomic E-state index is 12.9. The van der Waals surface area contributed by atoms with Crippen LogP contribution in [-0.4, -0.2) is 5.91 Å². The molecule has 1 N–H and O–H groups in total. The number of nitrogens with one attached hydrogen (secondary N) is 1. The van der Waals surface area contributed by atoms with Crippen molar-refractivity contribution < 1.29 is 14.3 Å². The number of hydrogen-bond donors (Lipinski definition) is 1. The van der Waals surface area contributed by atoms with Crippen LogP contribution >= 0.6 is 0 Å². The van der Waals surface area contributed by atoms with Gasteiger partial charge in [-0.1, -0.05) is 78.9 Å². The molecule has 0 aliphatic heterocycles. The average molecular weight is 409 g/mol. The Morgan fingerprint density at radius 2 is 1.26 bits per heavy atom. The van der Waals surface area contributed by atoms with E-state index in [1.54, 1.807) is 12.1 Å². The number of ether oxygens (including phenoxy) is 2. The number of anilines is 1. The van der Waals surface area contributed by atoms with Gasteiger partial charge in [0.2, 0.25) is 0 Å². The maximum Gasteiger partial charge on any atom is 0.259 e. The number of rotatable bonds is 8. The van der Waals surface area contributed by atoms with Crippen LogP contribution in [0.5, 0.6) is 11.5 Å². The fraction of sp³-hybridized carbons (Fsp3) is 0.0741. The lowest BCUT2D eigenvalue weighted by Crippen LogP contribution is -2.13. The fourth-order valence-electron chi connectivity index (χ4n) is 3.12. The lowest BCUT2D eigenvalue weighted by Gasteiger charge is -2.13. The van der Waals surface area contributed by atoms with E-state index in [0.717, 1.165) is 11.1 Å². The molecule has 31 heavy (non-hydrogen) atoms. The van der Waals surface area contributed by atoms with Crippen LogP contribution in [0.1, 0.15) is 21.5 Å². The standard InChI is InChI=1S/C27H23NO3/c29-27(25-16-7-8-17-26(25)31-20-22-12-5-2-6-13-22)28-23-14-9-15-24(18-23)30-19-21-10-3-1-4-11-21/h1-18H,19-20H2,(H,28,29). The number of hydrogen-bond acceptors (Lipinski definition) is 3. The molecule has 0 aliphatic carbocycles. The van der Waals surface area contributed by atoms with E-state index in [1.807, 2.05) is 97.1 Å². The van der Waals surface area contributed by atoms with E-state index in [4.69, 9.17) is 9.47 Å². The first-order chi connectivity index (χ1) is 15.3. The zero-order chi connectivity index (χ0) is 21.3. The minimum atomic E-state index is -0.233. The summed E-state index contributed by atoms with van der Waals surface area (Å²) in [6, 6.07) is 34.4. The van der Waals surface area contributed by atoms with E-state index in [0.29, 0.717) is 36.0 Å². The molecule has 4 rings (SSSR count). The van der Waals surface area contributed by atoms with Gasteiger partial charge in [-0.25, -0.2) is 0 Å². The molecule has 154 valence electrons. The van der Waals surface area contributed by atoms with Crippen molar-refractivity contribution in [2.24, 2.45) is 0 Å². The largest absolute Gasteiger partial charge is 0.489 e. The molecule has 0 radical (unpaired) electrons. The summed E-state index contributed by atoms with van der Waals surface area (Å²) in [5, 5.41) is 2.94. The molecule has 0 saturated heterocycles. The second-order valence-corrected chi connectivity index (χ2v) is 7.03. The molecule has 0 bridgehead atoms. The Morgan fingerprint density at radius 1 is 0.645 bits per heavy atom. The molecular formula is C27H23NO3. The molecule has 0 heterocycles. The SMILES string of the molecule is O=C(Nc1cccc(OCc2ccccc2)c1)c1ccccc1OCc1ccccc1. The Hall–Kier alpha value is -4.05. The van der Waals surface area contributed by atoms with Crippen molar-refractivity contribution in [1.29, 1.82) is 0 Å². The van der Waals surface area contributed by atoms with Crippen molar-refractivity contribution in [2.75, 3.05) is 5.32 Å². The summed E-state index contributed by atoms with van der Waals surface area (Å²) in [6.45, 7) is 0.863. The molecule has 0 aromatic heterocycles. The molecule has 0 spiro atoms. The lowest BCUT2D eigenvalue weighted by molar-refractivity contribution is 0.102. The quantitative estimate of drug-likeness (QED) is 0.383.